The van der Waals surface area contributed by atoms with Gasteiger partial charge in [-0.2, -0.15) is 0 Å². The standard InChI is InChI=1S/C15H26N2O/c1-13-5-11-6-14(2,8-13)10-15(7-11,9-13)16-12(18)17(3)4/h11H,5-10H2,1-4H3,(H,16,18). The summed E-state index contributed by atoms with van der Waals surface area (Å²) in [5, 5.41) is 3.36. The Balaban J connectivity index is 1.87. The van der Waals surface area contributed by atoms with Crippen LogP contribution in [-0.2, 0) is 0 Å². The summed E-state index contributed by atoms with van der Waals surface area (Å²) in [6.07, 6.45) is 7.69. The topological polar surface area (TPSA) is 32.3 Å². The molecule has 1 N–H and O–H groups in total. The summed E-state index contributed by atoms with van der Waals surface area (Å²) in [6, 6.07) is 0.0872. The Bertz CT molecular complexity index is 372. The summed E-state index contributed by atoms with van der Waals surface area (Å²) >= 11 is 0. The van der Waals surface area contributed by atoms with Crippen molar-refractivity contribution in [3.63, 3.8) is 0 Å². The van der Waals surface area contributed by atoms with E-state index in [1.54, 1.807) is 4.90 Å². The van der Waals surface area contributed by atoms with Crippen LogP contribution in [0.25, 0.3) is 0 Å². The summed E-state index contributed by atoms with van der Waals surface area (Å²) in [5.41, 5.74) is 1.02. The van der Waals surface area contributed by atoms with E-state index < -0.39 is 0 Å². The molecule has 3 nitrogen and oxygen atoms in total. The summed E-state index contributed by atoms with van der Waals surface area (Å²) in [5.74, 6) is 0.832. The van der Waals surface area contributed by atoms with Crippen LogP contribution in [0.5, 0.6) is 0 Å². The van der Waals surface area contributed by atoms with Gasteiger partial charge >= 0.3 is 6.03 Å². The highest BCUT2D eigenvalue weighted by Gasteiger charge is 2.60. The average molecular weight is 250 g/mol. The molecule has 102 valence electrons. The summed E-state index contributed by atoms with van der Waals surface area (Å²) in [7, 11) is 3.67. The van der Waals surface area contributed by atoms with E-state index in [0.29, 0.717) is 10.8 Å². The number of rotatable bonds is 1. The predicted octanol–water partition coefficient (Wildman–Crippen LogP) is 3.01. The zero-order valence-electron chi connectivity index (χ0n) is 12.2. The Kier molecular flexibility index (Phi) is 2.34. The van der Waals surface area contributed by atoms with Gasteiger partial charge in [0.1, 0.15) is 0 Å². The second-order valence-corrected chi connectivity index (χ2v) is 8.23. The monoisotopic (exact) mass is 250 g/mol. The molecule has 4 rings (SSSR count). The van der Waals surface area contributed by atoms with Gasteiger partial charge in [0.05, 0.1) is 0 Å². The van der Waals surface area contributed by atoms with Crippen LogP contribution in [0.2, 0.25) is 0 Å². The number of carbonyl (C=O) groups is 1. The molecular weight excluding hydrogens is 224 g/mol. The smallest absolute Gasteiger partial charge is 0.317 e. The Morgan fingerprint density at radius 3 is 2.06 bits per heavy atom. The maximum atomic E-state index is 12.1. The van der Waals surface area contributed by atoms with Gasteiger partial charge in [-0.3, -0.25) is 0 Å². The van der Waals surface area contributed by atoms with Gasteiger partial charge in [-0.1, -0.05) is 13.8 Å². The van der Waals surface area contributed by atoms with Crippen LogP contribution < -0.4 is 5.32 Å². The third-order valence-electron chi connectivity index (χ3n) is 5.40. The second-order valence-electron chi connectivity index (χ2n) is 8.23. The second kappa shape index (κ2) is 3.43. The summed E-state index contributed by atoms with van der Waals surface area (Å²) < 4.78 is 0. The molecule has 0 aromatic rings. The van der Waals surface area contributed by atoms with Crippen molar-refractivity contribution in [2.75, 3.05) is 14.1 Å². The number of amides is 2. The number of carbonyl (C=O) groups excluding carboxylic acids is 1. The molecule has 2 unspecified atom stereocenters. The summed E-state index contributed by atoms with van der Waals surface area (Å²) in [4.78, 5) is 13.7. The number of urea groups is 1. The van der Waals surface area contributed by atoms with E-state index in [-0.39, 0.29) is 11.6 Å². The molecule has 0 aromatic carbocycles. The predicted molar refractivity (Wildman–Crippen MR) is 72.4 cm³/mol. The van der Waals surface area contributed by atoms with Crippen LogP contribution >= 0.6 is 0 Å². The quantitative estimate of drug-likeness (QED) is 0.762. The highest BCUT2D eigenvalue weighted by Crippen LogP contribution is 2.66. The number of hydrogen-bond acceptors (Lipinski definition) is 1. The fourth-order valence-electron chi connectivity index (χ4n) is 5.93. The lowest BCUT2D eigenvalue weighted by molar-refractivity contribution is -0.114. The maximum Gasteiger partial charge on any atom is 0.317 e. The summed E-state index contributed by atoms with van der Waals surface area (Å²) in [6.45, 7) is 4.87. The van der Waals surface area contributed by atoms with Crippen LogP contribution in [-0.4, -0.2) is 30.6 Å². The first-order valence-corrected chi connectivity index (χ1v) is 7.23. The molecule has 3 heteroatoms. The van der Waals surface area contributed by atoms with Crippen LogP contribution in [0.1, 0.15) is 52.4 Å². The molecule has 0 spiro atoms. The van der Waals surface area contributed by atoms with E-state index >= 15 is 0 Å². The lowest BCUT2D eigenvalue weighted by Crippen LogP contribution is -2.66. The van der Waals surface area contributed by atoms with Crippen molar-refractivity contribution >= 4 is 6.03 Å². The zero-order valence-corrected chi connectivity index (χ0v) is 12.2. The fraction of sp³-hybridized carbons (Fsp3) is 0.933. The third-order valence-corrected chi connectivity index (χ3v) is 5.40. The molecule has 0 saturated heterocycles. The number of nitrogens with zero attached hydrogens (tertiary/aromatic N) is 1. The van der Waals surface area contributed by atoms with E-state index in [9.17, 15) is 4.79 Å². The normalized spacial score (nSPS) is 49.2. The Morgan fingerprint density at radius 2 is 1.61 bits per heavy atom. The number of nitrogens with one attached hydrogen (secondary N) is 1. The SMILES string of the molecule is CN(C)C(=O)NC12CC3CC(C)(CC(C)(C3)C1)C2. The van der Waals surface area contributed by atoms with Crippen molar-refractivity contribution in [3.8, 4) is 0 Å². The van der Waals surface area contributed by atoms with Gasteiger partial charge in [-0.05, 0) is 55.3 Å². The van der Waals surface area contributed by atoms with Crippen LogP contribution in [0.3, 0.4) is 0 Å². The molecular formula is C15H26N2O. The van der Waals surface area contributed by atoms with E-state index in [1.165, 1.54) is 38.5 Å². The first-order valence-electron chi connectivity index (χ1n) is 7.23. The molecule has 4 aliphatic rings. The fourth-order valence-corrected chi connectivity index (χ4v) is 5.93. The zero-order chi connectivity index (χ0) is 13.2. The van der Waals surface area contributed by atoms with Crippen molar-refractivity contribution in [2.24, 2.45) is 16.7 Å². The van der Waals surface area contributed by atoms with Gasteiger partial charge in [0.25, 0.3) is 0 Å². The molecule has 0 aromatic heterocycles. The molecule has 2 amide bonds. The number of hydrogen-bond donors (Lipinski definition) is 1. The molecule has 0 aliphatic heterocycles. The molecule has 4 fully saturated rings. The Morgan fingerprint density at radius 1 is 1.06 bits per heavy atom. The van der Waals surface area contributed by atoms with Gasteiger partial charge < -0.3 is 10.2 Å². The molecule has 4 bridgehead atoms. The van der Waals surface area contributed by atoms with Gasteiger partial charge in [0.15, 0.2) is 0 Å². The minimum atomic E-state index is 0.0872. The van der Waals surface area contributed by atoms with Gasteiger partial charge in [-0.25, -0.2) is 4.79 Å². The first kappa shape index (κ1) is 12.3. The first-order chi connectivity index (χ1) is 8.23. The van der Waals surface area contributed by atoms with Crippen molar-refractivity contribution in [3.05, 3.63) is 0 Å². The van der Waals surface area contributed by atoms with Crippen molar-refractivity contribution < 1.29 is 4.79 Å². The van der Waals surface area contributed by atoms with Gasteiger partial charge in [0, 0.05) is 19.6 Å². The largest absolute Gasteiger partial charge is 0.333 e. The van der Waals surface area contributed by atoms with E-state index in [2.05, 4.69) is 19.2 Å². The van der Waals surface area contributed by atoms with Crippen molar-refractivity contribution in [1.82, 2.24) is 10.2 Å². The van der Waals surface area contributed by atoms with E-state index in [1.807, 2.05) is 14.1 Å². The average Bonchev–Trinajstić information content (AvgIpc) is 2.09. The van der Waals surface area contributed by atoms with Crippen LogP contribution in [0.15, 0.2) is 0 Å². The molecule has 0 heterocycles. The van der Waals surface area contributed by atoms with Gasteiger partial charge in [-0.15, -0.1) is 0 Å². The molecule has 0 radical (unpaired) electrons. The highest BCUT2D eigenvalue weighted by molar-refractivity contribution is 5.74. The van der Waals surface area contributed by atoms with Crippen molar-refractivity contribution in [1.29, 1.82) is 0 Å². The van der Waals surface area contributed by atoms with E-state index in [0.717, 1.165) is 5.92 Å². The Hall–Kier alpha value is -0.730. The van der Waals surface area contributed by atoms with E-state index in [4.69, 9.17) is 0 Å². The maximum absolute atomic E-state index is 12.1. The van der Waals surface area contributed by atoms with Crippen LogP contribution in [0.4, 0.5) is 4.79 Å². The lowest BCUT2D eigenvalue weighted by Gasteiger charge is -2.65. The lowest BCUT2D eigenvalue weighted by atomic mass is 9.43. The van der Waals surface area contributed by atoms with Gasteiger partial charge in [0.2, 0.25) is 0 Å². The molecule has 4 saturated carbocycles. The third kappa shape index (κ3) is 1.83. The van der Waals surface area contributed by atoms with Crippen LogP contribution in [0, 0.1) is 16.7 Å². The minimum Gasteiger partial charge on any atom is -0.333 e. The molecule has 4 aliphatic carbocycles. The highest BCUT2D eigenvalue weighted by atomic mass is 16.2. The molecule has 18 heavy (non-hydrogen) atoms. The minimum absolute atomic E-state index is 0.0872. The Labute approximate surface area is 110 Å². The van der Waals surface area contributed by atoms with Crippen molar-refractivity contribution in [2.45, 2.75) is 57.9 Å². The molecule has 2 atom stereocenters.